The van der Waals surface area contributed by atoms with Crippen LogP contribution in [0.1, 0.15) is 39.3 Å². The molecule has 8 heteroatoms. The van der Waals surface area contributed by atoms with Gasteiger partial charge in [-0.1, -0.05) is 30.3 Å². The Morgan fingerprint density at radius 2 is 1.53 bits per heavy atom. The van der Waals surface area contributed by atoms with E-state index in [9.17, 15) is 19.2 Å². The summed E-state index contributed by atoms with van der Waals surface area (Å²) >= 11 is 0. The molecule has 2 rings (SSSR count). The summed E-state index contributed by atoms with van der Waals surface area (Å²) in [6.45, 7) is 8.12. The Morgan fingerprint density at radius 3 is 2.00 bits per heavy atom. The first kappa shape index (κ1) is 23.1. The first-order chi connectivity index (χ1) is 14.2. The molecular formula is C22H28N2O6. The summed E-state index contributed by atoms with van der Waals surface area (Å²) in [7, 11) is 2.18. The molecule has 1 aromatic carbocycles. The second-order valence-corrected chi connectivity index (χ2v) is 7.08. The van der Waals surface area contributed by atoms with Crippen molar-refractivity contribution >= 4 is 23.6 Å². The highest BCUT2D eigenvalue weighted by atomic mass is 16.5. The van der Waals surface area contributed by atoms with E-state index in [1.165, 1.54) is 6.92 Å². The summed E-state index contributed by atoms with van der Waals surface area (Å²) in [5.41, 5.74) is -0.419. The zero-order valence-corrected chi connectivity index (χ0v) is 18.2. The van der Waals surface area contributed by atoms with Gasteiger partial charge in [-0.3, -0.25) is 9.59 Å². The van der Waals surface area contributed by atoms with Gasteiger partial charge in [-0.25, -0.2) is 9.59 Å². The minimum atomic E-state index is -1.18. The van der Waals surface area contributed by atoms with Crippen molar-refractivity contribution < 1.29 is 28.7 Å². The lowest BCUT2D eigenvalue weighted by Crippen LogP contribution is -2.42. The van der Waals surface area contributed by atoms with E-state index in [4.69, 9.17) is 4.74 Å². The third-order valence-electron chi connectivity index (χ3n) is 5.53. The quantitative estimate of drug-likeness (QED) is 0.159. The molecule has 1 saturated heterocycles. The number of nitrogens with zero attached hydrogens (tertiary/aromatic N) is 2. The Morgan fingerprint density at radius 1 is 1.00 bits per heavy atom. The summed E-state index contributed by atoms with van der Waals surface area (Å²) in [6.07, 6.45) is 0. The van der Waals surface area contributed by atoms with Gasteiger partial charge in [-0.05, 0) is 33.3 Å². The fraction of sp³-hybridized carbons (Fsp3) is 0.455. The van der Waals surface area contributed by atoms with Gasteiger partial charge in [0.25, 0.3) is 11.7 Å². The standard InChI is InChI=1S/C22H28N2O6/c1-7-23(8-2)21(28)22(4)18(15-12-10-9-11-13-15)24(22)14(3)16(19(26)29-5)17(25)20(27)30-6/h9-13,18H,7-8H2,1-6H3. The number of methoxy groups -OCH3 is 2. The maximum Gasteiger partial charge on any atom is 0.379 e. The SMILES string of the molecule is CCN(CC)C(=O)C1(C)C(c2ccccc2)N1C(C)=C(C(=O)OC)C(=O)C(=O)OC. The average Bonchev–Trinajstić information content (AvgIpc) is 3.41. The molecule has 1 amide bonds. The largest absolute Gasteiger partial charge is 0.465 e. The third-order valence-corrected chi connectivity index (χ3v) is 5.53. The fourth-order valence-electron chi connectivity index (χ4n) is 3.91. The molecule has 0 spiro atoms. The molecule has 0 aromatic heterocycles. The number of ether oxygens (including phenoxy) is 2. The molecule has 162 valence electrons. The average molecular weight is 416 g/mol. The molecule has 30 heavy (non-hydrogen) atoms. The molecule has 8 nitrogen and oxygen atoms in total. The van der Waals surface area contributed by atoms with Gasteiger partial charge in [0.05, 0.1) is 20.3 Å². The van der Waals surface area contributed by atoms with Gasteiger partial charge in [0.15, 0.2) is 0 Å². The van der Waals surface area contributed by atoms with Gasteiger partial charge in [-0.15, -0.1) is 0 Å². The molecule has 1 fully saturated rings. The van der Waals surface area contributed by atoms with Gasteiger partial charge < -0.3 is 19.3 Å². The molecule has 0 N–H and O–H groups in total. The van der Waals surface area contributed by atoms with E-state index in [1.807, 2.05) is 44.2 Å². The number of ketones is 1. The van der Waals surface area contributed by atoms with Crippen LogP contribution in [0, 0.1) is 0 Å². The van der Waals surface area contributed by atoms with Crippen LogP contribution in [0.3, 0.4) is 0 Å². The number of carbonyl (C=O) groups is 4. The van der Waals surface area contributed by atoms with Crippen molar-refractivity contribution in [3.63, 3.8) is 0 Å². The third kappa shape index (κ3) is 3.81. The van der Waals surface area contributed by atoms with E-state index in [0.29, 0.717) is 13.1 Å². The van der Waals surface area contributed by atoms with Crippen molar-refractivity contribution in [2.24, 2.45) is 0 Å². The Hall–Kier alpha value is -3.16. The van der Waals surface area contributed by atoms with Crippen LogP contribution >= 0.6 is 0 Å². The number of rotatable bonds is 8. The van der Waals surface area contributed by atoms with Gasteiger partial charge in [-0.2, -0.15) is 0 Å². The van der Waals surface area contributed by atoms with Crippen LogP contribution in [-0.4, -0.2) is 66.3 Å². The molecule has 1 aromatic rings. The topological polar surface area (TPSA) is 93.0 Å². The summed E-state index contributed by atoms with van der Waals surface area (Å²) < 4.78 is 9.24. The number of Topliss-reactive ketones (excluding diaryl/α,β-unsaturated/α-hetero) is 1. The number of hydrogen-bond donors (Lipinski definition) is 0. The fourth-order valence-corrected chi connectivity index (χ4v) is 3.91. The number of esters is 2. The molecule has 2 atom stereocenters. The number of allylic oxidation sites excluding steroid dienone is 1. The van der Waals surface area contributed by atoms with E-state index in [2.05, 4.69) is 4.74 Å². The molecule has 1 aliphatic rings. The monoisotopic (exact) mass is 416 g/mol. The van der Waals surface area contributed by atoms with Crippen LogP contribution in [0.25, 0.3) is 0 Å². The van der Waals surface area contributed by atoms with Crippen molar-refractivity contribution in [1.29, 1.82) is 0 Å². The van der Waals surface area contributed by atoms with E-state index in [1.54, 1.807) is 16.7 Å². The predicted octanol–water partition coefficient (Wildman–Crippen LogP) is 1.86. The molecule has 0 bridgehead atoms. The molecule has 2 unspecified atom stereocenters. The van der Waals surface area contributed by atoms with E-state index < -0.39 is 34.9 Å². The molecular weight excluding hydrogens is 388 g/mol. The van der Waals surface area contributed by atoms with Gasteiger partial charge in [0.1, 0.15) is 11.1 Å². The highest BCUT2D eigenvalue weighted by Crippen LogP contribution is 2.57. The zero-order valence-electron chi connectivity index (χ0n) is 18.2. The Kier molecular flexibility index (Phi) is 7.02. The number of carbonyl (C=O) groups excluding carboxylic acids is 4. The molecule has 0 aliphatic carbocycles. The maximum absolute atomic E-state index is 13.4. The number of benzene rings is 1. The second-order valence-electron chi connectivity index (χ2n) is 7.08. The molecule has 1 heterocycles. The van der Waals surface area contributed by atoms with Gasteiger partial charge in [0, 0.05) is 18.8 Å². The Bertz CT molecular complexity index is 875. The van der Waals surface area contributed by atoms with Crippen LogP contribution < -0.4 is 0 Å². The lowest BCUT2D eigenvalue weighted by atomic mass is 9.99. The van der Waals surface area contributed by atoms with Crippen LogP contribution in [-0.2, 0) is 28.7 Å². The zero-order chi connectivity index (χ0) is 22.6. The summed E-state index contributed by atoms with van der Waals surface area (Å²) in [5, 5.41) is 0. The van der Waals surface area contributed by atoms with Crippen molar-refractivity contribution in [1.82, 2.24) is 9.80 Å². The van der Waals surface area contributed by atoms with E-state index in [0.717, 1.165) is 19.8 Å². The normalized spacial score (nSPS) is 20.7. The van der Waals surface area contributed by atoms with Gasteiger partial charge in [0.2, 0.25) is 0 Å². The minimum absolute atomic E-state index is 0.129. The second kappa shape index (κ2) is 9.11. The van der Waals surface area contributed by atoms with Crippen molar-refractivity contribution in [3.8, 4) is 0 Å². The summed E-state index contributed by atoms with van der Waals surface area (Å²) in [6, 6.07) is 8.93. The maximum atomic E-state index is 13.4. The number of likely N-dealkylation sites (N-methyl/N-ethyl adjacent to an activating group) is 1. The number of hydrogen-bond acceptors (Lipinski definition) is 7. The molecule has 1 aliphatic heterocycles. The van der Waals surface area contributed by atoms with E-state index >= 15 is 0 Å². The Labute approximate surface area is 176 Å². The lowest BCUT2D eigenvalue weighted by molar-refractivity contribution is -0.152. The summed E-state index contributed by atoms with van der Waals surface area (Å²) in [5.74, 6) is -3.38. The predicted molar refractivity (Wildman–Crippen MR) is 109 cm³/mol. The van der Waals surface area contributed by atoms with Crippen molar-refractivity contribution in [2.45, 2.75) is 39.3 Å². The summed E-state index contributed by atoms with van der Waals surface area (Å²) in [4.78, 5) is 53.6. The molecule has 0 radical (unpaired) electrons. The Balaban J connectivity index is 2.64. The number of amides is 1. The first-order valence-electron chi connectivity index (χ1n) is 9.75. The molecule has 0 saturated carbocycles. The van der Waals surface area contributed by atoms with Crippen molar-refractivity contribution in [2.75, 3.05) is 27.3 Å². The highest BCUT2D eigenvalue weighted by Gasteiger charge is 2.66. The van der Waals surface area contributed by atoms with Crippen LogP contribution in [0.2, 0.25) is 0 Å². The highest BCUT2D eigenvalue weighted by molar-refractivity contribution is 6.46. The van der Waals surface area contributed by atoms with Gasteiger partial charge >= 0.3 is 11.9 Å². The van der Waals surface area contributed by atoms with Crippen molar-refractivity contribution in [3.05, 3.63) is 47.2 Å². The minimum Gasteiger partial charge on any atom is -0.465 e. The van der Waals surface area contributed by atoms with Crippen LogP contribution in [0.4, 0.5) is 0 Å². The first-order valence-corrected chi connectivity index (χ1v) is 9.75. The van der Waals surface area contributed by atoms with Crippen LogP contribution in [0.5, 0.6) is 0 Å². The van der Waals surface area contributed by atoms with Crippen LogP contribution in [0.15, 0.2) is 41.6 Å². The smallest absolute Gasteiger partial charge is 0.379 e. The lowest BCUT2D eigenvalue weighted by Gasteiger charge is -2.24. The van der Waals surface area contributed by atoms with E-state index in [-0.39, 0.29) is 11.6 Å².